The van der Waals surface area contributed by atoms with Crippen molar-refractivity contribution in [1.29, 1.82) is 0 Å². The van der Waals surface area contributed by atoms with Crippen molar-refractivity contribution in [2.24, 2.45) is 5.92 Å². The van der Waals surface area contributed by atoms with Crippen molar-refractivity contribution < 1.29 is 4.74 Å². The van der Waals surface area contributed by atoms with Crippen molar-refractivity contribution >= 4 is 11.3 Å². The quantitative estimate of drug-likeness (QED) is 0.682. The van der Waals surface area contributed by atoms with Gasteiger partial charge in [-0.1, -0.05) is 6.07 Å². The lowest BCUT2D eigenvalue weighted by atomic mass is 10.1. The van der Waals surface area contributed by atoms with Gasteiger partial charge in [-0.25, -0.2) is 4.98 Å². The van der Waals surface area contributed by atoms with E-state index in [2.05, 4.69) is 48.5 Å². The molecule has 0 radical (unpaired) electrons. The lowest BCUT2D eigenvalue weighted by Gasteiger charge is -2.23. The van der Waals surface area contributed by atoms with Crippen molar-refractivity contribution in [1.82, 2.24) is 19.4 Å². The summed E-state index contributed by atoms with van der Waals surface area (Å²) >= 11 is 1.75. The van der Waals surface area contributed by atoms with E-state index >= 15 is 0 Å². The third kappa shape index (κ3) is 4.34. The summed E-state index contributed by atoms with van der Waals surface area (Å²) in [5, 5.41) is 4.37. The van der Waals surface area contributed by atoms with Gasteiger partial charge in [0.25, 0.3) is 0 Å². The molecule has 0 fully saturated rings. The number of pyridine rings is 1. The van der Waals surface area contributed by atoms with Gasteiger partial charge in [0.05, 0.1) is 19.8 Å². The van der Waals surface area contributed by atoms with Crippen LogP contribution in [0.1, 0.15) is 17.0 Å². The average Bonchev–Trinajstić information content (AvgIpc) is 3.25. The maximum Gasteiger partial charge on any atom is 0.122 e. The summed E-state index contributed by atoms with van der Waals surface area (Å²) in [5.41, 5.74) is 2.50. The summed E-state index contributed by atoms with van der Waals surface area (Å²) in [6.07, 6.45) is 7.64. The Bertz CT molecular complexity index is 772. The molecule has 4 rings (SSSR count). The highest BCUT2D eigenvalue weighted by atomic mass is 32.1. The summed E-state index contributed by atoms with van der Waals surface area (Å²) in [5.74, 6) is 1.59. The van der Waals surface area contributed by atoms with Crippen LogP contribution in [0.15, 0.2) is 53.7 Å². The van der Waals surface area contributed by atoms with Gasteiger partial charge in [-0.2, -0.15) is 11.3 Å². The van der Waals surface area contributed by atoms with Crippen LogP contribution in [-0.4, -0.2) is 32.6 Å². The fourth-order valence-electron chi connectivity index (χ4n) is 3.32. The average molecular weight is 354 g/mol. The number of hydrogen-bond donors (Lipinski definition) is 0. The van der Waals surface area contributed by atoms with E-state index in [1.807, 2.05) is 18.5 Å². The fourth-order valence-corrected chi connectivity index (χ4v) is 3.98. The van der Waals surface area contributed by atoms with E-state index in [1.54, 1.807) is 17.5 Å². The van der Waals surface area contributed by atoms with Gasteiger partial charge in [-0.3, -0.25) is 9.88 Å². The van der Waals surface area contributed by atoms with Gasteiger partial charge in [0.1, 0.15) is 5.82 Å². The first-order valence-electron chi connectivity index (χ1n) is 8.57. The van der Waals surface area contributed by atoms with Crippen LogP contribution >= 0.6 is 11.3 Å². The summed E-state index contributed by atoms with van der Waals surface area (Å²) < 4.78 is 8.26. The van der Waals surface area contributed by atoms with Crippen LogP contribution in [0.25, 0.3) is 0 Å². The molecule has 1 unspecified atom stereocenters. The number of rotatable bonds is 6. The molecule has 0 N–H and O–H groups in total. The number of aromatic nitrogens is 3. The molecule has 0 aromatic carbocycles. The van der Waals surface area contributed by atoms with Crippen molar-refractivity contribution in [3.8, 4) is 0 Å². The van der Waals surface area contributed by atoms with Gasteiger partial charge in [-0.15, -0.1) is 0 Å². The highest BCUT2D eigenvalue weighted by Crippen LogP contribution is 2.19. The zero-order chi connectivity index (χ0) is 16.9. The topological polar surface area (TPSA) is 43.2 Å². The first kappa shape index (κ1) is 16.4. The van der Waals surface area contributed by atoms with Crippen LogP contribution in [0.4, 0.5) is 0 Å². The van der Waals surface area contributed by atoms with Gasteiger partial charge < -0.3 is 9.30 Å². The van der Waals surface area contributed by atoms with Crippen molar-refractivity contribution in [2.75, 3.05) is 13.2 Å². The number of imidazole rings is 1. The first-order chi connectivity index (χ1) is 12.4. The van der Waals surface area contributed by atoms with Crippen LogP contribution in [0, 0.1) is 5.92 Å². The van der Waals surface area contributed by atoms with E-state index in [1.165, 1.54) is 5.56 Å². The third-order valence-corrected chi connectivity index (χ3v) is 5.20. The molecule has 1 aliphatic rings. The van der Waals surface area contributed by atoms with E-state index in [-0.39, 0.29) is 0 Å². The van der Waals surface area contributed by atoms with Gasteiger partial charge in [0.15, 0.2) is 0 Å². The van der Waals surface area contributed by atoms with Crippen LogP contribution in [0.3, 0.4) is 0 Å². The Kier molecular flexibility index (Phi) is 5.20. The van der Waals surface area contributed by atoms with E-state index in [0.29, 0.717) is 12.5 Å². The Morgan fingerprint density at radius 3 is 3.04 bits per heavy atom. The Labute approximate surface area is 151 Å². The number of thiophene rings is 1. The summed E-state index contributed by atoms with van der Waals surface area (Å²) in [4.78, 5) is 11.2. The highest BCUT2D eigenvalue weighted by Gasteiger charge is 2.22. The predicted octanol–water partition coefficient (Wildman–Crippen LogP) is 3.19. The molecule has 0 bridgehead atoms. The Balaban J connectivity index is 1.40. The van der Waals surface area contributed by atoms with Crippen molar-refractivity contribution in [2.45, 2.75) is 26.2 Å². The molecule has 5 nitrogen and oxygen atoms in total. The molecule has 0 amide bonds. The molecule has 1 aliphatic heterocycles. The maximum absolute atomic E-state index is 5.99. The highest BCUT2D eigenvalue weighted by molar-refractivity contribution is 7.07. The minimum absolute atomic E-state index is 0.450. The van der Waals surface area contributed by atoms with Crippen molar-refractivity contribution in [3.05, 3.63) is 70.7 Å². The summed E-state index contributed by atoms with van der Waals surface area (Å²) in [6.45, 7) is 5.20. The van der Waals surface area contributed by atoms with Crippen LogP contribution in [0.2, 0.25) is 0 Å². The van der Waals surface area contributed by atoms with Gasteiger partial charge in [0, 0.05) is 50.3 Å². The van der Waals surface area contributed by atoms with Crippen LogP contribution in [-0.2, 0) is 31.0 Å². The van der Waals surface area contributed by atoms with Crippen molar-refractivity contribution in [3.63, 3.8) is 0 Å². The normalized spacial score (nSPS) is 18.0. The summed E-state index contributed by atoms with van der Waals surface area (Å²) in [7, 11) is 0. The number of ether oxygens (including phenoxy) is 1. The van der Waals surface area contributed by atoms with E-state index in [9.17, 15) is 0 Å². The molecular weight excluding hydrogens is 332 g/mol. The molecule has 0 spiro atoms. The molecule has 25 heavy (non-hydrogen) atoms. The molecule has 6 heteroatoms. The lowest BCUT2D eigenvalue weighted by molar-refractivity contribution is 0.0664. The van der Waals surface area contributed by atoms with E-state index < -0.39 is 0 Å². The zero-order valence-electron chi connectivity index (χ0n) is 14.1. The molecule has 0 saturated heterocycles. The van der Waals surface area contributed by atoms with E-state index in [0.717, 1.165) is 44.2 Å². The van der Waals surface area contributed by atoms with E-state index in [4.69, 9.17) is 4.74 Å². The number of nitrogens with zero attached hydrogens (tertiary/aromatic N) is 4. The molecule has 1 atom stereocenters. The number of fused-ring (bicyclic) bond motifs is 1. The second kappa shape index (κ2) is 7.91. The van der Waals surface area contributed by atoms with Crippen LogP contribution in [0.5, 0.6) is 0 Å². The Morgan fingerprint density at radius 2 is 2.20 bits per heavy atom. The maximum atomic E-state index is 5.99. The monoisotopic (exact) mass is 354 g/mol. The molecular formula is C19H22N4OS. The fraction of sp³-hybridized carbons (Fsp3) is 0.368. The Morgan fingerprint density at radius 1 is 1.20 bits per heavy atom. The Hall–Kier alpha value is -2.02. The van der Waals surface area contributed by atoms with Gasteiger partial charge in [-0.05, 0) is 34.0 Å². The standard InChI is InChI=1S/C19H22N4OS/c1-2-16(8-20-4-1)13-24-14-18-10-22(9-17-3-7-25-15-17)12-19-21-5-6-23(19)11-18/h1-8,15,18H,9-14H2. The largest absolute Gasteiger partial charge is 0.376 e. The molecule has 0 saturated carbocycles. The lowest BCUT2D eigenvalue weighted by Crippen LogP contribution is -2.30. The minimum Gasteiger partial charge on any atom is -0.376 e. The zero-order valence-corrected chi connectivity index (χ0v) is 14.9. The molecule has 130 valence electrons. The third-order valence-electron chi connectivity index (χ3n) is 4.47. The minimum atomic E-state index is 0.450. The van der Waals surface area contributed by atoms with Gasteiger partial charge in [0.2, 0.25) is 0 Å². The number of hydrogen-bond acceptors (Lipinski definition) is 5. The second-order valence-electron chi connectivity index (χ2n) is 6.54. The van der Waals surface area contributed by atoms with Gasteiger partial charge >= 0.3 is 0 Å². The molecule has 3 aromatic rings. The molecule has 0 aliphatic carbocycles. The molecule has 3 aromatic heterocycles. The SMILES string of the molecule is c1cncc(COCC2CN(Cc3ccsc3)Cc3nccn3C2)c1. The predicted molar refractivity (Wildman–Crippen MR) is 98.0 cm³/mol. The van der Waals surface area contributed by atoms with Crippen LogP contribution < -0.4 is 0 Å². The second-order valence-corrected chi connectivity index (χ2v) is 7.32. The molecule has 4 heterocycles. The first-order valence-corrected chi connectivity index (χ1v) is 9.51. The smallest absolute Gasteiger partial charge is 0.122 e. The summed E-state index contributed by atoms with van der Waals surface area (Å²) in [6, 6.07) is 6.21.